The zero-order valence-corrected chi connectivity index (χ0v) is 26.1. The highest BCUT2D eigenvalue weighted by Gasteiger charge is 2.34. The number of methoxy groups -OCH3 is 1. The first-order chi connectivity index (χ1) is 21.2. The lowest BCUT2D eigenvalue weighted by Crippen LogP contribution is -2.49. The minimum atomic E-state index is -0.419. The van der Waals surface area contributed by atoms with Crippen LogP contribution in [-0.4, -0.2) is 77.4 Å². The summed E-state index contributed by atoms with van der Waals surface area (Å²) < 4.78 is 13.8. The number of ether oxygens (including phenoxy) is 2. The molecule has 5 rings (SSSR count). The Morgan fingerprint density at radius 3 is 2.55 bits per heavy atom. The van der Waals surface area contributed by atoms with Crippen molar-refractivity contribution >= 4 is 22.8 Å². The van der Waals surface area contributed by atoms with Gasteiger partial charge in [0.05, 0.1) is 32.5 Å². The zero-order valence-electron chi connectivity index (χ0n) is 26.1. The van der Waals surface area contributed by atoms with E-state index >= 15 is 0 Å². The molecule has 0 saturated carbocycles. The van der Waals surface area contributed by atoms with E-state index in [0.29, 0.717) is 31.9 Å². The van der Waals surface area contributed by atoms with Gasteiger partial charge in [0.25, 0.3) is 5.91 Å². The first-order valence-electron chi connectivity index (χ1n) is 15.0. The highest BCUT2D eigenvalue weighted by atomic mass is 16.5. The topological polar surface area (TPSA) is 96.3 Å². The largest absolute Gasteiger partial charge is 0.497 e. The molecule has 3 amide bonds. The summed E-state index contributed by atoms with van der Waals surface area (Å²) in [7, 11) is 5.29. The van der Waals surface area contributed by atoms with Crippen LogP contribution in [0.1, 0.15) is 35.5 Å². The molecule has 0 unspecified atom stereocenters. The van der Waals surface area contributed by atoms with Crippen molar-refractivity contribution in [2.45, 2.75) is 39.1 Å². The van der Waals surface area contributed by atoms with E-state index in [2.05, 4.69) is 5.32 Å². The molecule has 232 valence electrons. The van der Waals surface area contributed by atoms with Gasteiger partial charge in [-0.05, 0) is 41.8 Å². The molecule has 3 atom stereocenters. The zero-order chi connectivity index (χ0) is 31.4. The van der Waals surface area contributed by atoms with Crippen molar-refractivity contribution in [2.75, 3.05) is 33.9 Å². The van der Waals surface area contributed by atoms with Crippen LogP contribution in [0, 0.1) is 5.92 Å². The number of amides is 3. The molecule has 44 heavy (non-hydrogen) atoms. The van der Waals surface area contributed by atoms with Crippen LogP contribution in [-0.2, 0) is 24.9 Å². The fraction of sp³-hybridized carbons (Fsp3) is 0.371. The van der Waals surface area contributed by atoms with Crippen LogP contribution < -0.4 is 10.1 Å². The second-order valence-electron chi connectivity index (χ2n) is 11.7. The van der Waals surface area contributed by atoms with E-state index in [1.807, 2.05) is 98.3 Å². The molecule has 1 aromatic heterocycles. The number of benzene rings is 3. The summed E-state index contributed by atoms with van der Waals surface area (Å²) in [5.41, 5.74) is 5.27. The first-order valence-corrected chi connectivity index (χ1v) is 15.0. The molecule has 1 aliphatic rings. The lowest BCUT2D eigenvalue weighted by atomic mass is 9.96. The predicted molar refractivity (Wildman–Crippen MR) is 172 cm³/mol. The number of urea groups is 1. The average molecular weight is 599 g/mol. The fourth-order valence-electron chi connectivity index (χ4n) is 5.93. The van der Waals surface area contributed by atoms with E-state index in [-0.39, 0.29) is 30.6 Å². The van der Waals surface area contributed by atoms with E-state index in [1.54, 1.807) is 24.0 Å². The summed E-state index contributed by atoms with van der Waals surface area (Å²) in [6, 6.07) is 23.0. The van der Waals surface area contributed by atoms with E-state index in [0.717, 1.165) is 38.9 Å². The van der Waals surface area contributed by atoms with Gasteiger partial charge in [-0.15, -0.1) is 0 Å². The Morgan fingerprint density at radius 1 is 1.11 bits per heavy atom. The van der Waals surface area contributed by atoms with Gasteiger partial charge in [-0.1, -0.05) is 61.5 Å². The molecule has 0 spiro atoms. The second-order valence-corrected chi connectivity index (χ2v) is 11.7. The van der Waals surface area contributed by atoms with Gasteiger partial charge in [-0.3, -0.25) is 4.79 Å². The van der Waals surface area contributed by atoms with Gasteiger partial charge in [0.1, 0.15) is 11.4 Å². The smallest absolute Gasteiger partial charge is 0.317 e. The maximum absolute atomic E-state index is 14.5. The molecular weight excluding hydrogens is 556 g/mol. The number of carbonyl (C=O) groups is 2. The van der Waals surface area contributed by atoms with Crippen molar-refractivity contribution in [2.24, 2.45) is 13.0 Å². The lowest BCUT2D eigenvalue weighted by Gasteiger charge is -2.35. The molecule has 2 N–H and O–H groups in total. The van der Waals surface area contributed by atoms with Crippen molar-refractivity contribution < 1.29 is 24.2 Å². The number of nitrogens with zero attached hydrogens (tertiary/aromatic N) is 3. The summed E-state index contributed by atoms with van der Waals surface area (Å²) in [5.74, 6) is 0.470. The van der Waals surface area contributed by atoms with Gasteiger partial charge >= 0.3 is 6.03 Å². The van der Waals surface area contributed by atoms with Crippen molar-refractivity contribution in [1.82, 2.24) is 19.7 Å². The monoisotopic (exact) mass is 598 g/mol. The van der Waals surface area contributed by atoms with Crippen LogP contribution in [0.2, 0.25) is 0 Å². The molecule has 3 aromatic carbocycles. The summed E-state index contributed by atoms with van der Waals surface area (Å²) in [4.78, 5) is 31.0. The van der Waals surface area contributed by atoms with Gasteiger partial charge in [0.15, 0.2) is 0 Å². The lowest BCUT2D eigenvalue weighted by molar-refractivity contribution is -0.0185. The third-order valence-electron chi connectivity index (χ3n) is 8.63. The van der Waals surface area contributed by atoms with Crippen LogP contribution in [0.5, 0.6) is 5.75 Å². The number of aryl methyl sites for hydroxylation is 1. The Bertz CT molecular complexity index is 1620. The third-order valence-corrected chi connectivity index (χ3v) is 8.63. The maximum atomic E-state index is 14.5. The molecule has 2 heterocycles. The van der Waals surface area contributed by atoms with Crippen molar-refractivity contribution in [3.05, 3.63) is 89.6 Å². The molecule has 0 saturated heterocycles. The summed E-state index contributed by atoms with van der Waals surface area (Å²) >= 11 is 0. The Labute approximate surface area is 259 Å². The molecule has 9 nitrogen and oxygen atoms in total. The van der Waals surface area contributed by atoms with Crippen molar-refractivity contribution in [1.29, 1.82) is 0 Å². The molecule has 0 fully saturated rings. The average Bonchev–Trinajstić information content (AvgIpc) is 3.34. The van der Waals surface area contributed by atoms with E-state index < -0.39 is 6.04 Å². The molecule has 1 aliphatic heterocycles. The van der Waals surface area contributed by atoms with Gasteiger partial charge in [-0.25, -0.2) is 4.79 Å². The molecular formula is C35H42N4O5. The quantitative estimate of drug-likeness (QED) is 0.310. The van der Waals surface area contributed by atoms with Crippen molar-refractivity contribution in [3.63, 3.8) is 0 Å². The number of fused-ring (bicyclic) bond motifs is 5. The number of aromatic nitrogens is 1. The number of carbonyl (C=O) groups excluding carboxylic acids is 2. The Hall–Kier alpha value is -4.34. The minimum absolute atomic E-state index is 0.145. The molecule has 0 radical (unpaired) electrons. The number of hydrogen-bond donors (Lipinski definition) is 2. The predicted octanol–water partition coefficient (Wildman–Crippen LogP) is 5.05. The fourth-order valence-corrected chi connectivity index (χ4v) is 5.93. The summed E-state index contributed by atoms with van der Waals surface area (Å²) in [6.07, 6.45) is -0.376. The minimum Gasteiger partial charge on any atom is -0.497 e. The normalized spacial score (nSPS) is 17.8. The van der Waals surface area contributed by atoms with E-state index in [9.17, 15) is 14.7 Å². The highest BCUT2D eigenvalue weighted by molar-refractivity contribution is 6.10. The maximum Gasteiger partial charge on any atom is 0.317 e. The molecule has 0 bridgehead atoms. The van der Waals surface area contributed by atoms with Crippen molar-refractivity contribution in [3.8, 4) is 16.9 Å². The Morgan fingerprint density at radius 2 is 1.82 bits per heavy atom. The molecule has 9 heteroatoms. The number of para-hydroxylation sites is 1. The number of aliphatic hydroxyl groups is 1. The number of likely N-dealkylation sites (N-methyl/N-ethyl adjacent to an activating group) is 1. The van der Waals surface area contributed by atoms with E-state index in [1.165, 1.54) is 0 Å². The standard InChI is InChI=1S/C35H42N4O5/c1-23-19-39(24(2)21-40)34(41)33-32(29-12-8-9-13-30(29)38(33)4)28-11-7-6-10-26(28)22-44-31(23)20-37(3)35(42)36-18-25-14-16-27(43-5)17-15-25/h6-17,23-24,31,40H,18-22H2,1-5H3,(H,36,42)/t23-,24+,31+/m1/s1. The van der Waals surface area contributed by atoms with Crippen LogP contribution >= 0.6 is 0 Å². The van der Waals surface area contributed by atoms with Crippen LogP contribution in [0.25, 0.3) is 22.0 Å². The number of aliphatic hydroxyl groups excluding tert-OH is 1. The van der Waals surface area contributed by atoms with Gasteiger partial charge in [-0.2, -0.15) is 0 Å². The number of nitrogens with one attached hydrogen (secondary N) is 1. The van der Waals surface area contributed by atoms with Crippen LogP contribution in [0.15, 0.2) is 72.8 Å². The summed E-state index contributed by atoms with van der Waals surface area (Å²) in [6.45, 7) is 5.09. The number of hydrogen-bond acceptors (Lipinski definition) is 5. The van der Waals surface area contributed by atoms with Gasteiger partial charge < -0.3 is 34.3 Å². The molecule has 0 aliphatic carbocycles. The SMILES string of the molecule is COc1ccc(CNC(=O)N(C)C[C@@H]2OCc3ccccc3-c3c(n(C)c4ccccc34)C(=O)N([C@@H](C)CO)C[C@H]2C)cc1. The Kier molecular flexibility index (Phi) is 9.56. The third kappa shape index (κ3) is 6.30. The summed E-state index contributed by atoms with van der Waals surface area (Å²) in [5, 5.41) is 14.2. The first kappa shape index (κ1) is 31.1. The van der Waals surface area contributed by atoms with Gasteiger partial charge in [0.2, 0.25) is 0 Å². The van der Waals surface area contributed by atoms with Crippen LogP contribution in [0.4, 0.5) is 4.79 Å². The number of rotatable bonds is 7. The van der Waals surface area contributed by atoms with Crippen LogP contribution in [0.3, 0.4) is 0 Å². The van der Waals surface area contributed by atoms with E-state index in [4.69, 9.17) is 9.47 Å². The Balaban J connectivity index is 1.46. The van der Waals surface area contributed by atoms with Gasteiger partial charge in [0, 0.05) is 56.1 Å². The second kappa shape index (κ2) is 13.5. The highest BCUT2D eigenvalue weighted by Crippen LogP contribution is 2.38. The molecule has 4 aromatic rings.